The van der Waals surface area contributed by atoms with Gasteiger partial charge in [0.25, 0.3) is 0 Å². The van der Waals surface area contributed by atoms with Gasteiger partial charge in [-0.3, -0.25) is 10.1 Å². The van der Waals surface area contributed by atoms with Gasteiger partial charge in [0.2, 0.25) is 5.82 Å². The SMILES string of the molecule is CCCCC(CN)Nc1c([N+](=O)[O-])c(CCC)nn1C. The van der Waals surface area contributed by atoms with E-state index >= 15 is 0 Å². The van der Waals surface area contributed by atoms with Crippen LogP contribution in [0.15, 0.2) is 0 Å². The van der Waals surface area contributed by atoms with Crippen molar-refractivity contribution in [3.63, 3.8) is 0 Å². The Hall–Kier alpha value is -1.63. The van der Waals surface area contributed by atoms with Gasteiger partial charge in [-0.1, -0.05) is 33.1 Å². The topological polar surface area (TPSA) is 99.0 Å². The summed E-state index contributed by atoms with van der Waals surface area (Å²) in [4.78, 5) is 10.9. The Morgan fingerprint density at radius 3 is 2.65 bits per heavy atom. The molecule has 1 aromatic rings. The number of nitrogens with one attached hydrogen (secondary N) is 1. The van der Waals surface area contributed by atoms with Crippen molar-refractivity contribution in [3.8, 4) is 0 Å². The fourth-order valence-corrected chi connectivity index (χ4v) is 2.22. The van der Waals surface area contributed by atoms with E-state index in [0.29, 0.717) is 24.5 Å². The van der Waals surface area contributed by atoms with Gasteiger partial charge in [0.1, 0.15) is 5.69 Å². The monoisotopic (exact) mass is 283 g/mol. The summed E-state index contributed by atoms with van der Waals surface area (Å²) in [6, 6.07) is 0.0403. The van der Waals surface area contributed by atoms with Crippen LogP contribution in [0.3, 0.4) is 0 Å². The molecule has 0 bridgehead atoms. The number of hydrogen-bond donors (Lipinski definition) is 2. The molecule has 1 rings (SSSR count). The molecule has 0 aliphatic carbocycles. The maximum atomic E-state index is 11.3. The predicted octanol–water partition coefficient (Wildman–Crippen LogP) is 2.21. The summed E-state index contributed by atoms with van der Waals surface area (Å²) in [6.07, 6.45) is 4.45. The van der Waals surface area contributed by atoms with Gasteiger partial charge in [0.15, 0.2) is 0 Å². The molecular weight excluding hydrogens is 258 g/mol. The normalized spacial score (nSPS) is 12.4. The van der Waals surface area contributed by atoms with Gasteiger partial charge in [-0.25, -0.2) is 4.68 Å². The molecule has 0 radical (unpaired) electrons. The minimum absolute atomic E-state index is 0.0403. The molecule has 1 atom stereocenters. The smallest absolute Gasteiger partial charge is 0.333 e. The minimum atomic E-state index is -0.353. The van der Waals surface area contributed by atoms with Gasteiger partial charge in [0.05, 0.1) is 4.92 Å². The van der Waals surface area contributed by atoms with E-state index in [1.807, 2.05) is 6.92 Å². The lowest BCUT2D eigenvalue weighted by Crippen LogP contribution is -2.30. The third-order valence-electron chi connectivity index (χ3n) is 3.29. The second-order valence-electron chi connectivity index (χ2n) is 4.99. The number of nitrogens with zero attached hydrogens (tertiary/aromatic N) is 3. The van der Waals surface area contributed by atoms with Gasteiger partial charge < -0.3 is 11.1 Å². The zero-order chi connectivity index (χ0) is 15.1. The molecule has 0 aliphatic rings. The molecule has 0 saturated heterocycles. The van der Waals surface area contributed by atoms with Crippen LogP contribution in [0.1, 0.15) is 45.2 Å². The zero-order valence-corrected chi connectivity index (χ0v) is 12.6. The van der Waals surface area contributed by atoms with Crippen LogP contribution < -0.4 is 11.1 Å². The number of aromatic nitrogens is 2. The average molecular weight is 283 g/mol. The van der Waals surface area contributed by atoms with Crippen molar-refractivity contribution in [2.24, 2.45) is 12.8 Å². The number of hydrogen-bond acceptors (Lipinski definition) is 5. The fourth-order valence-electron chi connectivity index (χ4n) is 2.22. The highest BCUT2D eigenvalue weighted by atomic mass is 16.6. The summed E-state index contributed by atoms with van der Waals surface area (Å²) in [6.45, 7) is 4.54. The van der Waals surface area contributed by atoms with E-state index in [4.69, 9.17) is 5.73 Å². The van der Waals surface area contributed by atoms with Crippen molar-refractivity contribution in [3.05, 3.63) is 15.8 Å². The molecule has 114 valence electrons. The van der Waals surface area contributed by atoms with Crippen LogP contribution in [-0.2, 0) is 13.5 Å². The first-order chi connectivity index (χ1) is 9.54. The number of anilines is 1. The van der Waals surface area contributed by atoms with Crippen molar-refractivity contribution in [1.29, 1.82) is 0 Å². The quantitative estimate of drug-likeness (QED) is 0.534. The molecule has 7 nitrogen and oxygen atoms in total. The van der Waals surface area contributed by atoms with Crippen LogP contribution in [0.4, 0.5) is 11.5 Å². The lowest BCUT2D eigenvalue weighted by atomic mass is 10.1. The van der Waals surface area contributed by atoms with Gasteiger partial charge in [-0.05, 0) is 12.8 Å². The van der Waals surface area contributed by atoms with Gasteiger partial charge in [-0.2, -0.15) is 5.10 Å². The van der Waals surface area contributed by atoms with Crippen LogP contribution in [0.5, 0.6) is 0 Å². The third kappa shape index (κ3) is 3.93. The molecule has 7 heteroatoms. The molecule has 1 aromatic heterocycles. The fraction of sp³-hybridized carbons (Fsp3) is 0.769. The van der Waals surface area contributed by atoms with Crippen molar-refractivity contribution in [2.75, 3.05) is 11.9 Å². The Labute approximate surface area is 119 Å². The van der Waals surface area contributed by atoms with Gasteiger partial charge >= 0.3 is 5.69 Å². The second kappa shape index (κ2) is 7.84. The van der Waals surface area contributed by atoms with E-state index in [-0.39, 0.29) is 16.7 Å². The summed E-state index contributed by atoms with van der Waals surface area (Å²) >= 11 is 0. The summed E-state index contributed by atoms with van der Waals surface area (Å²) in [5.41, 5.74) is 6.36. The Kier molecular flexibility index (Phi) is 6.44. The number of nitro groups is 1. The highest BCUT2D eigenvalue weighted by Crippen LogP contribution is 2.29. The summed E-state index contributed by atoms with van der Waals surface area (Å²) in [5, 5.41) is 18.8. The average Bonchev–Trinajstić information content (AvgIpc) is 2.71. The van der Waals surface area contributed by atoms with Crippen LogP contribution in [0.25, 0.3) is 0 Å². The number of rotatable bonds is 9. The number of nitrogens with two attached hydrogens (primary N) is 1. The van der Waals surface area contributed by atoms with Crippen molar-refractivity contribution >= 4 is 11.5 Å². The Morgan fingerprint density at radius 2 is 2.15 bits per heavy atom. The van der Waals surface area contributed by atoms with Crippen LogP contribution in [0, 0.1) is 10.1 Å². The van der Waals surface area contributed by atoms with Crippen LogP contribution in [-0.4, -0.2) is 27.3 Å². The molecular formula is C13H25N5O2. The van der Waals surface area contributed by atoms with E-state index < -0.39 is 0 Å². The maximum Gasteiger partial charge on any atom is 0.333 e. The summed E-state index contributed by atoms with van der Waals surface area (Å²) in [5.74, 6) is 0.463. The molecule has 0 saturated carbocycles. The molecule has 1 heterocycles. The van der Waals surface area contributed by atoms with E-state index in [0.717, 1.165) is 25.7 Å². The molecule has 3 N–H and O–H groups in total. The number of unbranched alkanes of at least 4 members (excludes halogenated alkanes) is 1. The second-order valence-corrected chi connectivity index (χ2v) is 4.99. The van der Waals surface area contributed by atoms with Crippen LogP contribution in [0.2, 0.25) is 0 Å². The van der Waals surface area contributed by atoms with E-state index in [1.54, 1.807) is 11.7 Å². The lowest BCUT2D eigenvalue weighted by Gasteiger charge is -2.17. The van der Waals surface area contributed by atoms with E-state index in [1.165, 1.54) is 0 Å². The van der Waals surface area contributed by atoms with Crippen molar-refractivity contribution in [2.45, 2.75) is 52.0 Å². The molecule has 0 aliphatic heterocycles. The summed E-state index contributed by atoms with van der Waals surface area (Å²) in [7, 11) is 1.72. The third-order valence-corrected chi connectivity index (χ3v) is 3.29. The molecule has 0 fully saturated rings. The minimum Gasteiger partial charge on any atom is -0.361 e. The van der Waals surface area contributed by atoms with Gasteiger partial charge in [-0.15, -0.1) is 0 Å². The molecule has 0 spiro atoms. The number of aryl methyl sites for hydroxylation is 2. The highest BCUT2D eigenvalue weighted by molar-refractivity contribution is 5.60. The molecule has 20 heavy (non-hydrogen) atoms. The first-order valence-corrected chi connectivity index (χ1v) is 7.21. The van der Waals surface area contributed by atoms with E-state index in [2.05, 4.69) is 17.3 Å². The predicted molar refractivity (Wildman–Crippen MR) is 79.8 cm³/mol. The molecule has 0 aromatic carbocycles. The Balaban J connectivity index is 3.00. The standard InChI is InChI=1S/C13H25N5O2/c1-4-6-8-10(9-14)15-13-12(18(19)20)11(7-5-2)16-17(13)3/h10,15H,4-9,14H2,1-3H3. The zero-order valence-electron chi connectivity index (χ0n) is 12.6. The maximum absolute atomic E-state index is 11.3. The highest BCUT2D eigenvalue weighted by Gasteiger charge is 2.27. The Bertz CT molecular complexity index is 444. The lowest BCUT2D eigenvalue weighted by molar-refractivity contribution is -0.384. The first-order valence-electron chi connectivity index (χ1n) is 7.21. The summed E-state index contributed by atoms with van der Waals surface area (Å²) < 4.78 is 1.55. The van der Waals surface area contributed by atoms with Crippen LogP contribution >= 0.6 is 0 Å². The van der Waals surface area contributed by atoms with Gasteiger partial charge in [0, 0.05) is 19.6 Å². The first kappa shape index (κ1) is 16.4. The van der Waals surface area contributed by atoms with E-state index in [9.17, 15) is 10.1 Å². The molecule has 1 unspecified atom stereocenters. The Morgan fingerprint density at radius 1 is 1.45 bits per heavy atom. The molecule has 0 amide bonds. The largest absolute Gasteiger partial charge is 0.361 e. The van der Waals surface area contributed by atoms with Crippen molar-refractivity contribution in [1.82, 2.24) is 9.78 Å². The van der Waals surface area contributed by atoms with Crippen molar-refractivity contribution < 1.29 is 4.92 Å².